The molecule has 0 atom stereocenters. The highest BCUT2D eigenvalue weighted by atomic mass is 32.1. The lowest BCUT2D eigenvalue weighted by atomic mass is 10.0. The van der Waals surface area contributed by atoms with Gasteiger partial charge in [-0.2, -0.15) is 0 Å². The zero-order chi connectivity index (χ0) is 13.8. The zero-order valence-electron chi connectivity index (χ0n) is 11.6. The average Bonchev–Trinajstić information content (AvgIpc) is 2.71. The average molecular weight is 276 g/mol. The standard InChI is InChI=1S/C15H20N2OS/c1-4-18-12-7-5-6-11(8-12)9-13-14(10(2)3)17-15(16)19-13/h5-8,10H,4,9H2,1-3H3,(H2,16,17). The van der Waals surface area contributed by atoms with Crippen molar-refractivity contribution in [2.75, 3.05) is 12.3 Å². The number of nitrogen functional groups attached to an aromatic ring is 1. The van der Waals surface area contributed by atoms with Crippen molar-refractivity contribution in [3.63, 3.8) is 0 Å². The highest BCUT2D eigenvalue weighted by Gasteiger charge is 2.13. The number of thiazole rings is 1. The second kappa shape index (κ2) is 6.06. The SMILES string of the molecule is CCOc1cccc(Cc2sc(N)nc2C(C)C)c1. The fraction of sp³-hybridized carbons (Fsp3) is 0.400. The summed E-state index contributed by atoms with van der Waals surface area (Å²) in [6, 6.07) is 8.21. The Kier molecular flexibility index (Phi) is 4.43. The van der Waals surface area contributed by atoms with Gasteiger partial charge in [-0.25, -0.2) is 4.98 Å². The molecule has 1 aromatic heterocycles. The first-order valence-electron chi connectivity index (χ1n) is 6.57. The third-order valence-electron chi connectivity index (χ3n) is 2.87. The molecule has 2 rings (SSSR count). The molecule has 19 heavy (non-hydrogen) atoms. The second-order valence-corrected chi connectivity index (χ2v) is 5.89. The molecule has 2 aromatic rings. The Morgan fingerprint density at radius 1 is 1.37 bits per heavy atom. The van der Waals surface area contributed by atoms with Crippen LogP contribution in [-0.4, -0.2) is 11.6 Å². The van der Waals surface area contributed by atoms with E-state index in [0.717, 1.165) is 17.9 Å². The first-order chi connectivity index (χ1) is 9.10. The third kappa shape index (κ3) is 3.47. The molecule has 0 radical (unpaired) electrons. The highest BCUT2D eigenvalue weighted by Crippen LogP contribution is 2.29. The summed E-state index contributed by atoms with van der Waals surface area (Å²) in [7, 11) is 0. The van der Waals surface area contributed by atoms with E-state index in [0.29, 0.717) is 17.7 Å². The van der Waals surface area contributed by atoms with Gasteiger partial charge < -0.3 is 10.5 Å². The monoisotopic (exact) mass is 276 g/mol. The summed E-state index contributed by atoms with van der Waals surface area (Å²) in [5.74, 6) is 1.32. The Balaban J connectivity index is 2.23. The summed E-state index contributed by atoms with van der Waals surface area (Å²) in [5.41, 5.74) is 8.18. The van der Waals surface area contributed by atoms with E-state index in [4.69, 9.17) is 10.5 Å². The van der Waals surface area contributed by atoms with Crippen molar-refractivity contribution in [1.82, 2.24) is 4.98 Å². The van der Waals surface area contributed by atoms with Crippen LogP contribution in [0.25, 0.3) is 0 Å². The van der Waals surface area contributed by atoms with Gasteiger partial charge in [-0.3, -0.25) is 0 Å². The molecule has 0 fully saturated rings. The molecule has 0 unspecified atom stereocenters. The number of aromatic nitrogens is 1. The fourth-order valence-electron chi connectivity index (χ4n) is 2.06. The van der Waals surface area contributed by atoms with Gasteiger partial charge in [0.05, 0.1) is 12.3 Å². The van der Waals surface area contributed by atoms with Crippen molar-refractivity contribution in [2.45, 2.75) is 33.1 Å². The lowest BCUT2D eigenvalue weighted by molar-refractivity contribution is 0.340. The van der Waals surface area contributed by atoms with Crippen LogP contribution in [0.4, 0.5) is 5.13 Å². The molecular formula is C15H20N2OS. The van der Waals surface area contributed by atoms with Gasteiger partial charge in [0, 0.05) is 11.3 Å². The lowest BCUT2D eigenvalue weighted by Gasteiger charge is -2.07. The molecule has 0 aliphatic carbocycles. The van der Waals surface area contributed by atoms with Crippen molar-refractivity contribution in [3.8, 4) is 5.75 Å². The minimum Gasteiger partial charge on any atom is -0.494 e. The van der Waals surface area contributed by atoms with Crippen LogP contribution in [0.3, 0.4) is 0 Å². The molecule has 1 aromatic carbocycles. The summed E-state index contributed by atoms with van der Waals surface area (Å²) in [4.78, 5) is 5.68. The molecule has 1 heterocycles. The van der Waals surface area contributed by atoms with Gasteiger partial charge in [-0.1, -0.05) is 26.0 Å². The van der Waals surface area contributed by atoms with Crippen molar-refractivity contribution in [2.24, 2.45) is 0 Å². The van der Waals surface area contributed by atoms with Crippen LogP contribution < -0.4 is 10.5 Å². The van der Waals surface area contributed by atoms with Gasteiger partial charge in [-0.05, 0) is 30.5 Å². The van der Waals surface area contributed by atoms with Crippen molar-refractivity contribution >= 4 is 16.5 Å². The van der Waals surface area contributed by atoms with E-state index in [1.54, 1.807) is 11.3 Å². The van der Waals surface area contributed by atoms with Crippen LogP contribution in [0.2, 0.25) is 0 Å². The smallest absolute Gasteiger partial charge is 0.180 e. The highest BCUT2D eigenvalue weighted by molar-refractivity contribution is 7.15. The number of benzene rings is 1. The van der Waals surface area contributed by atoms with Gasteiger partial charge in [0.15, 0.2) is 5.13 Å². The molecule has 0 saturated heterocycles. The van der Waals surface area contributed by atoms with Gasteiger partial charge in [0.2, 0.25) is 0 Å². The Morgan fingerprint density at radius 3 is 2.84 bits per heavy atom. The molecule has 0 amide bonds. The first kappa shape index (κ1) is 13.9. The van der Waals surface area contributed by atoms with Crippen molar-refractivity contribution < 1.29 is 4.74 Å². The molecule has 0 saturated carbocycles. The number of nitrogens with two attached hydrogens (primary N) is 1. The minimum atomic E-state index is 0.402. The molecule has 102 valence electrons. The van der Waals surface area contributed by atoms with Gasteiger partial charge >= 0.3 is 0 Å². The van der Waals surface area contributed by atoms with E-state index >= 15 is 0 Å². The van der Waals surface area contributed by atoms with E-state index in [1.807, 2.05) is 19.1 Å². The van der Waals surface area contributed by atoms with Crippen LogP contribution >= 0.6 is 11.3 Å². The van der Waals surface area contributed by atoms with E-state index in [-0.39, 0.29) is 0 Å². The molecule has 0 aliphatic rings. The van der Waals surface area contributed by atoms with Crippen LogP contribution in [0.1, 0.15) is 42.8 Å². The maximum atomic E-state index is 5.83. The predicted octanol–water partition coefficient (Wildman–Crippen LogP) is 3.84. The molecule has 0 aliphatic heterocycles. The van der Waals surface area contributed by atoms with E-state index in [9.17, 15) is 0 Å². The Morgan fingerprint density at radius 2 is 2.16 bits per heavy atom. The summed E-state index contributed by atoms with van der Waals surface area (Å²) in [6.45, 7) is 6.98. The van der Waals surface area contributed by atoms with Crippen molar-refractivity contribution in [3.05, 3.63) is 40.4 Å². The predicted molar refractivity (Wildman–Crippen MR) is 81.0 cm³/mol. The Bertz CT molecular complexity index is 549. The molecule has 0 bridgehead atoms. The summed E-state index contributed by atoms with van der Waals surface area (Å²) in [6.07, 6.45) is 0.864. The number of ether oxygens (including phenoxy) is 1. The normalized spacial score (nSPS) is 10.9. The molecule has 3 nitrogen and oxygen atoms in total. The Hall–Kier alpha value is -1.55. The summed E-state index contributed by atoms with van der Waals surface area (Å²) >= 11 is 1.58. The van der Waals surface area contributed by atoms with Crippen LogP contribution in [0, 0.1) is 0 Å². The van der Waals surface area contributed by atoms with Crippen LogP contribution in [0.15, 0.2) is 24.3 Å². The second-order valence-electron chi connectivity index (χ2n) is 4.77. The molecule has 4 heteroatoms. The van der Waals surface area contributed by atoms with Gasteiger partial charge in [0.1, 0.15) is 5.75 Å². The molecular weight excluding hydrogens is 256 g/mol. The maximum Gasteiger partial charge on any atom is 0.180 e. The molecule has 2 N–H and O–H groups in total. The number of hydrogen-bond acceptors (Lipinski definition) is 4. The van der Waals surface area contributed by atoms with Crippen LogP contribution in [-0.2, 0) is 6.42 Å². The largest absolute Gasteiger partial charge is 0.494 e. The van der Waals surface area contributed by atoms with Crippen LogP contribution in [0.5, 0.6) is 5.75 Å². The number of rotatable bonds is 5. The van der Waals surface area contributed by atoms with Gasteiger partial charge in [0.25, 0.3) is 0 Å². The van der Waals surface area contributed by atoms with Gasteiger partial charge in [-0.15, -0.1) is 11.3 Å². The zero-order valence-corrected chi connectivity index (χ0v) is 12.5. The fourth-order valence-corrected chi connectivity index (χ4v) is 3.08. The van der Waals surface area contributed by atoms with E-state index < -0.39 is 0 Å². The number of anilines is 1. The number of hydrogen-bond donors (Lipinski definition) is 1. The van der Waals surface area contributed by atoms with E-state index in [1.165, 1.54) is 10.4 Å². The quantitative estimate of drug-likeness (QED) is 0.902. The molecule has 0 spiro atoms. The van der Waals surface area contributed by atoms with Crippen molar-refractivity contribution in [1.29, 1.82) is 0 Å². The van der Waals surface area contributed by atoms with E-state index in [2.05, 4.69) is 31.0 Å². The third-order valence-corrected chi connectivity index (χ3v) is 3.77. The topological polar surface area (TPSA) is 48.1 Å². The first-order valence-corrected chi connectivity index (χ1v) is 7.38. The Labute approximate surface area is 118 Å². The number of nitrogens with zero attached hydrogens (tertiary/aromatic N) is 1. The lowest BCUT2D eigenvalue weighted by Crippen LogP contribution is -1.96. The minimum absolute atomic E-state index is 0.402. The summed E-state index contributed by atoms with van der Waals surface area (Å²) in [5, 5.41) is 0.652. The maximum absolute atomic E-state index is 5.83. The summed E-state index contributed by atoms with van der Waals surface area (Å²) < 4.78 is 5.53.